The molecule has 0 saturated heterocycles. The molecule has 0 aliphatic rings. The van der Waals surface area contributed by atoms with Crippen LogP contribution in [0, 0.1) is 0 Å². The third-order valence-corrected chi connectivity index (χ3v) is 2.16. The molecule has 1 aromatic heterocycles. The predicted molar refractivity (Wildman–Crippen MR) is 58.2 cm³/mol. The van der Waals surface area contributed by atoms with Crippen molar-refractivity contribution in [3.8, 4) is 0 Å². The van der Waals surface area contributed by atoms with Gasteiger partial charge in [-0.1, -0.05) is 18.2 Å². The first-order valence-electron chi connectivity index (χ1n) is 5.08. The van der Waals surface area contributed by atoms with Gasteiger partial charge in [-0.3, -0.25) is 0 Å². The van der Waals surface area contributed by atoms with Crippen molar-refractivity contribution >= 4 is 16.9 Å². The van der Waals surface area contributed by atoms with Crippen molar-refractivity contribution in [3.05, 3.63) is 36.1 Å². The number of hydrogen-bond donors (Lipinski definition) is 1. The number of para-hydroxylation sites is 1. The molecule has 0 amide bonds. The van der Waals surface area contributed by atoms with Gasteiger partial charge in [0.05, 0.1) is 6.61 Å². The Morgan fingerprint density at radius 2 is 2.19 bits per heavy atom. The average Bonchev–Trinajstić information content (AvgIpc) is 2.73. The Kier molecular flexibility index (Phi) is 3.22. The molecule has 2 rings (SSSR count). The minimum Gasteiger partial charge on any atom is -0.460 e. The highest BCUT2D eigenvalue weighted by Crippen LogP contribution is 2.19. The molecule has 0 bridgehead atoms. The van der Waals surface area contributed by atoms with Crippen LogP contribution in [0.4, 0.5) is 0 Å². The highest BCUT2D eigenvalue weighted by Gasteiger charge is 2.12. The fourth-order valence-electron chi connectivity index (χ4n) is 1.38. The van der Waals surface area contributed by atoms with Gasteiger partial charge >= 0.3 is 5.97 Å². The van der Waals surface area contributed by atoms with Crippen LogP contribution in [0.3, 0.4) is 0 Å². The normalized spacial score (nSPS) is 10.6. The zero-order chi connectivity index (χ0) is 11.4. The summed E-state index contributed by atoms with van der Waals surface area (Å²) in [5.41, 5.74) is 0.664. The van der Waals surface area contributed by atoms with Crippen LogP contribution in [0.1, 0.15) is 17.0 Å². The van der Waals surface area contributed by atoms with Crippen LogP contribution < -0.4 is 0 Å². The van der Waals surface area contributed by atoms with Crippen molar-refractivity contribution in [2.24, 2.45) is 0 Å². The van der Waals surface area contributed by atoms with Crippen LogP contribution in [0.15, 0.2) is 34.7 Å². The molecule has 0 radical (unpaired) electrons. The molecule has 0 saturated carbocycles. The van der Waals surface area contributed by atoms with Gasteiger partial charge in [-0.15, -0.1) is 0 Å². The number of esters is 1. The van der Waals surface area contributed by atoms with Gasteiger partial charge in [0.15, 0.2) is 0 Å². The Morgan fingerprint density at radius 3 is 2.94 bits per heavy atom. The lowest BCUT2D eigenvalue weighted by Gasteiger charge is -1.99. The summed E-state index contributed by atoms with van der Waals surface area (Å²) in [5, 5.41) is 9.42. The zero-order valence-corrected chi connectivity index (χ0v) is 8.68. The largest absolute Gasteiger partial charge is 0.460 e. The summed E-state index contributed by atoms with van der Waals surface area (Å²) in [6.45, 7) is 0.208. The quantitative estimate of drug-likeness (QED) is 0.632. The molecule has 1 aromatic carbocycles. The van der Waals surface area contributed by atoms with Gasteiger partial charge in [-0.05, 0) is 12.1 Å². The van der Waals surface area contributed by atoms with E-state index in [4.69, 9.17) is 14.3 Å². The Bertz CT molecular complexity index is 453. The molecule has 0 fully saturated rings. The lowest BCUT2D eigenvalue weighted by Crippen LogP contribution is -2.06. The van der Waals surface area contributed by atoms with Gasteiger partial charge in [0.25, 0.3) is 0 Å². The number of fused-ring (bicyclic) bond motifs is 1. The molecular formula is C12H12O4. The maximum absolute atomic E-state index is 11.5. The molecule has 0 unspecified atom stereocenters. The number of aliphatic hydroxyl groups excluding tert-OH is 1. The van der Waals surface area contributed by atoms with E-state index in [9.17, 15) is 4.79 Å². The third-order valence-electron chi connectivity index (χ3n) is 2.16. The number of carbonyl (C=O) groups is 1. The molecule has 4 nitrogen and oxygen atoms in total. The molecule has 2 aromatic rings. The van der Waals surface area contributed by atoms with E-state index in [0.29, 0.717) is 12.0 Å². The van der Waals surface area contributed by atoms with E-state index in [-0.39, 0.29) is 19.0 Å². The topological polar surface area (TPSA) is 59.7 Å². The molecule has 1 heterocycles. The van der Waals surface area contributed by atoms with E-state index in [1.807, 2.05) is 18.2 Å². The second kappa shape index (κ2) is 4.81. The summed E-state index contributed by atoms with van der Waals surface area (Å²) in [6.07, 6.45) is 0.436. The zero-order valence-electron chi connectivity index (χ0n) is 8.68. The fourth-order valence-corrected chi connectivity index (χ4v) is 1.38. The van der Waals surface area contributed by atoms with Crippen LogP contribution in [-0.2, 0) is 4.74 Å². The maximum Gasteiger partial charge on any atom is 0.374 e. The number of furan rings is 1. The fraction of sp³-hybridized carbons (Fsp3) is 0.250. The Hall–Kier alpha value is -1.81. The van der Waals surface area contributed by atoms with Crippen LogP contribution in [0.5, 0.6) is 0 Å². The minimum absolute atomic E-state index is 0.00735. The highest BCUT2D eigenvalue weighted by atomic mass is 16.5. The van der Waals surface area contributed by atoms with Crippen molar-refractivity contribution in [1.29, 1.82) is 0 Å². The summed E-state index contributed by atoms with van der Waals surface area (Å²) in [4.78, 5) is 11.5. The first kappa shape index (κ1) is 10.7. The summed E-state index contributed by atoms with van der Waals surface area (Å²) in [7, 11) is 0. The molecule has 84 valence electrons. The minimum atomic E-state index is -0.496. The van der Waals surface area contributed by atoms with E-state index in [1.54, 1.807) is 12.1 Å². The highest BCUT2D eigenvalue weighted by molar-refractivity contribution is 5.92. The number of aliphatic hydroxyl groups is 1. The molecule has 0 atom stereocenters. The molecule has 0 aliphatic carbocycles. The van der Waals surface area contributed by atoms with Crippen molar-refractivity contribution < 1.29 is 19.1 Å². The predicted octanol–water partition coefficient (Wildman–Crippen LogP) is 1.97. The third kappa shape index (κ3) is 2.23. The Labute approximate surface area is 92.4 Å². The molecule has 4 heteroatoms. The van der Waals surface area contributed by atoms with Crippen molar-refractivity contribution in [2.75, 3.05) is 13.2 Å². The van der Waals surface area contributed by atoms with Crippen LogP contribution >= 0.6 is 0 Å². The molecule has 0 aliphatic heterocycles. The Balaban J connectivity index is 2.11. The lowest BCUT2D eigenvalue weighted by atomic mass is 10.2. The van der Waals surface area contributed by atoms with E-state index in [1.165, 1.54) is 0 Å². The maximum atomic E-state index is 11.5. The van der Waals surface area contributed by atoms with Crippen molar-refractivity contribution in [1.82, 2.24) is 0 Å². The first-order valence-corrected chi connectivity index (χ1v) is 5.08. The lowest BCUT2D eigenvalue weighted by molar-refractivity contribution is 0.0449. The van der Waals surface area contributed by atoms with Gasteiger partial charge in [0, 0.05) is 18.4 Å². The number of ether oxygens (including phenoxy) is 1. The number of rotatable bonds is 4. The first-order chi connectivity index (χ1) is 7.81. The van der Waals surface area contributed by atoms with Gasteiger partial charge in [-0.2, -0.15) is 0 Å². The van der Waals surface area contributed by atoms with Crippen molar-refractivity contribution in [3.63, 3.8) is 0 Å². The molecule has 0 spiro atoms. The molecule has 16 heavy (non-hydrogen) atoms. The van der Waals surface area contributed by atoms with E-state index >= 15 is 0 Å². The van der Waals surface area contributed by atoms with Gasteiger partial charge in [-0.25, -0.2) is 4.79 Å². The Morgan fingerprint density at radius 1 is 1.38 bits per heavy atom. The average molecular weight is 220 g/mol. The number of hydrogen-bond acceptors (Lipinski definition) is 4. The summed E-state index contributed by atoms with van der Waals surface area (Å²) in [5.74, 6) is -0.302. The van der Waals surface area contributed by atoms with E-state index < -0.39 is 5.97 Å². The van der Waals surface area contributed by atoms with Gasteiger partial charge in [0.2, 0.25) is 5.76 Å². The molecule has 1 N–H and O–H groups in total. The van der Waals surface area contributed by atoms with Crippen LogP contribution in [0.25, 0.3) is 11.0 Å². The van der Waals surface area contributed by atoms with Gasteiger partial charge < -0.3 is 14.3 Å². The van der Waals surface area contributed by atoms with Crippen LogP contribution in [-0.4, -0.2) is 24.3 Å². The SMILES string of the molecule is O=C(OCCCO)c1cc2ccccc2o1. The smallest absolute Gasteiger partial charge is 0.374 e. The number of carbonyl (C=O) groups excluding carboxylic acids is 1. The second-order valence-corrected chi connectivity index (χ2v) is 3.36. The van der Waals surface area contributed by atoms with E-state index in [0.717, 1.165) is 5.39 Å². The van der Waals surface area contributed by atoms with E-state index in [2.05, 4.69) is 0 Å². The molecular weight excluding hydrogens is 208 g/mol. The monoisotopic (exact) mass is 220 g/mol. The van der Waals surface area contributed by atoms with Crippen molar-refractivity contribution in [2.45, 2.75) is 6.42 Å². The van der Waals surface area contributed by atoms with Gasteiger partial charge in [0.1, 0.15) is 5.58 Å². The number of benzene rings is 1. The second-order valence-electron chi connectivity index (χ2n) is 3.36. The summed E-state index contributed by atoms with van der Waals surface area (Å²) in [6, 6.07) is 9.02. The summed E-state index contributed by atoms with van der Waals surface area (Å²) >= 11 is 0. The standard InChI is InChI=1S/C12H12O4/c13-6-3-7-15-12(14)11-8-9-4-1-2-5-10(9)16-11/h1-2,4-5,8,13H,3,6-7H2. The summed E-state index contributed by atoms with van der Waals surface area (Å²) < 4.78 is 10.2. The van der Waals surface area contributed by atoms with Crippen LogP contribution in [0.2, 0.25) is 0 Å².